The average molecular weight is 380 g/mol. The van der Waals surface area contributed by atoms with E-state index in [2.05, 4.69) is 15.6 Å². The van der Waals surface area contributed by atoms with E-state index in [0.717, 1.165) is 5.69 Å². The first kappa shape index (κ1) is 21.2. The lowest BCUT2D eigenvalue weighted by atomic mass is 10.1. The Balaban J connectivity index is 1.87. The van der Waals surface area contributed by atoms with Gasteiger partial charge in [0.15, 0.2) is 17.5 Å². The maximum Gasteiger partial charge on any atom is 0.203 e. The van der Waals surface area contributed by atoms with Crippen LogP contribution in [0, 0.1) is 0 Å². The van der Waals surface area contributed by atoms with Gasteiger partial charge in [-0.3, -0.25) is 4.99 Å². The summed E-state index contributed by atoms with van der Waals surface area (Å²) >= 11 is 0. The summed E-state index contributed by atoms with van der Waals surface area (Å²) in [6.07, 6.45) is 7.99. The smallest absolute Gasteiger partial charge is 0.203 e. The molecule has 152 valence electrons. The molecule has 2 N–H and O–H groups in total. The van der Waals surface area contributed by atoms with Crippen molar-refractivity contribution in [2.45, 2.75) is 44.6 Å². The molecule has 1 aliphatic carbocycles. The quantitative estimate of drug-likeness (QED) is 0.312. The molecule has 0 radical (unpaired) electrons. The third-order valence-corrected chi connectivity index (χ3v) is 4.70. The molecule has 0 aromatic heterocycles. The number of hydrogen-bond donors (Lipinski definition) is 2. The molecule has 0 amide bonds. The maximum absolute atomic E-state index is 6.01. The number of guanidine groups is 1. The fraction of sp³-hybridized carbons (Fsp3) is 0.650. The zero-order valence-electron chi connectivity index (χ0n) is 17.0. The summed E-state index contributed by atoms with van der Waals surface area (Å²) in [6, 6.07) is 3.69. The van der Waals surface area contributed by atoms with Crippen molar-refractivity contribution < 1.29 is 18.9 Å². The van der Waals surface area contributed by atoms with Crippen molar-refractivity contribution in [3.05, 3.63) is 12.1 Å². The molecular formula is C20H33N3O4. The maximum atomic E-state index is 6.01. The highest BCUT2D eigenvalue weighted by atomic mass is 16.5. The molecule has 1 saturated carbocycles. The van der Waals surface area contributed by atoms with Crippen molar-refractivity contribution >= 4 is 11.6 Å². The molecule has 27 heavy (non-hydrogen) atoms. The van der Waals surface area contributed by atoms with E-state index in [9.17, 15) is 0 Å². The highest BCUT2D eigenvalue weighted by Crippen LogP contribution is 2.39. The topological polar surface area (TPSA) is 73.3 Å². The third kappa shape index (κ3) is 6.50. The van der Waals surface area contributed by atoms with Gasteiger partial charge in [-0.15, -0.1) is 0 Å². The normalized spacial score (nSPS) is 15.8. The van der Waals surface area contributed by atoms with Crippen LogP contribution in [0.2, 0.25) is 0 Å². The minimum Gasteiger partial charge on any atom is -0.493 e. The van der Waals surface area contributed by atoms with Crippen LogP contribution in [0.3, 0.4) is 0 Å². The highest BCUT2D eigenvalue weighted by Gasteiger charge is 2.14. The number of nitrogens with zero attached hydrogens (tertiary/aromatic N) is 1. The molecule has 0 atom stereocenters. The second kappa shape index (κ2) is 11.5. The standard InChI is InChI=1S/C20H33N3O4/c1-21-20(22-11-12-27-16-9-7-5-6-8-10-16)23-15-13-17(24-2)19(26-4)18(14-15)25-3/h13-14,16H,5-12H2,1-4H3,(H2,21,22,23). The number of ether oxygens (including phenoxy) is 4. The van der Waals surface area contributed by atoms with Gasteiger partial charge in [0.1, 0.15) is 0 Å². The van der Waals surface area contributed by atoms with Gasteiger partial charge in [0.05, 0.1) is 34.0 Å². The predicted octanol–water partition coefficient (Wildman–Crippen LogP) is 3.44. The molecule has 0 saturated heterocycles. The number of methoxy groups -OCH3 is 3. The van der Waals surface area contributed by atoms with E-state index >= 15 is 0 Å². The second-order valence-corrected chi connectivity index (χ2v) is 6.52. The molecule has 1 aromatic carbocycles. The van der Waals surface area contributed by atoms with Crippen molar-refractivity contribution in [2.24, 2.45) is 4.99 Å². The van der Waals surface area contributed by atoms with Crippen LogP contribution >= 0.6 is 0 Å². The summed E-state index contributed by atoms with van der Waals surface area (Å²) in [4.78, 5) is 4.26. The number of anilines is 1. The molecule has 0 heterocycles. The second-order valence-electron chi connectivity index (χ2n) is 6.52. The van der Waals surface area contributed by atoms with Crippen LogP contribution in [0.15, 0.2) is 17.1 Å². The Kier molecular flexibility index (Phi) is 9.04. The summed E-state index contributed by atoms with van der Waals surface area (Å²) in [5, 5.41) is 6.52. The first-order valence-electron chi connectivity index (χ1n) is 9.61. The van der Waals surface area contributed by atoms with Gasteiger partial charge < -0.3 is 29.6 Å². The van der Waals surface area contributed by atoms with Gasteiger partial charge >= 0.3 is 0 Å². The van der Waals surface area contributed by atoms with Gasteiger partial charge in [-0.05, 0) is 12.8 Å². The van der Waals surface area contributed by atoms with Gasteiger partial charge in [-0.25, -0.2) is 0 Å². The van der Waals surface area contributed by atoms with Gasteiger partial charge in [0.2, 0.25) is 5.75 Å². The first-order valence-corrected chi connectivity index (χ1v) is 9.61. The lowest BCUT2D eigenvalue weighted by molar-refractivity contribution is 0.0469. The van der Waals surface area contributed by atoms with Gasteiger partial charge in [-0.1, -0.05) is 25.7 Å². The molecule has 0 unspecified atom stereocenters. The summed E-state index contributed by atoms with van der Waals surface area (Å²) in [5.74, 6) is 2.40. The molecule has 0 bridgehead atoms. The minimum atomic E-state index is 0.402. The summed E-state index contributed by atoms with van der Waals surface area (Å²) < 4.78 is 22.1. The Morgan fingerprint density at radius 3 is 2.15 bits per heavy atom. The predicted molar refractivity (Wildman–Crippen MR) is 109 cm³/mol. The molecule has 0 spiro atoms. The molecule has 1 aliphatic rings. The van der Waals surface area contributed by atoms with Crippen LogP contribution in [0.4, 0.5) is 5.69 Å². The fourth-order valence-electron chi connectivity index (χ4n) is 3.27. The number of hydrogen-bond acceptors (Lipinski definition) is 5. The number of aliphatic imine (C=N–C) groups is 1. The Hall–Kier alpha value is -2.15. The number of nitrogens with one attached hydrogen (secondary N) is 2. The molecule has 1 aromatic rings. The Labute approximate surface area is 162 Å². The van der Waals surface area contributed by atoms with Crippen LogP contribution in [0.1, 0.15) is 38.5 Å². The van der Waals surface area contributed by atoms with E-state index in [4.69, 9.17) is 18.9 Å². The molecular weight excluding hydrogens is 346 g/mol. The van der Waals surface area contributed by atoms with Crippen LogP contribution in [0.25, 0.3) is 0 Å². The van der Waals surface area contributed by atoms with Crippen molar-refractivity contribution in [1.29, 1.82) is 0 Å². The van der Waals surface area contributed by atoms with Crippen molar-refractivity contribution in [3.8, 4) is 17.2 Å². The summed E-state index contributed by atoms with van der Waals surface area (Å²) in [5.41, 5.74) is 0.794. The van der Waals surface area contributed by atoms with E-state index in [-0.39, 0.29) is 0 Å². The zero-order chi connectivity index (χ0) is 19.5. The van der Waals surface area contributed by atoms with E-state index in [1.165, 1.54) is 38.5 Å². The van der Waals surface area contributed by atoms with Crippen LogP contribution < -0.4 is 24.8 Å². The molecule has 7 nitrogen and oxygen atoms in total. The third-order valence-electron chi connectivity index (χ3n) is 4.70. The zero-order valence-corrected chi connectivity index (χ0v) is 17.0. The Morgan fingerprint density at radius 1 is 1.00 bits per heavy atom. The SMILES string of the molecule is CN=C(NCCOC1CCCCCC1)Nc1cc(OC)c(OC)c(OC)c1. The van der Waals surface area contributed by atoms with Crippen LogP contribution in [-0.4, -0.2) is 53.6 Å². The average Bonchev–Trinajstić information content (AvgIpc) is 2.98. The van der Waals surface area contributed by atoms with Gasteiger partial charge in [-0.2, -0.15) is 0 Å². The van der Waals surface area contributed by atoms with E-state index in [0.29, 0.717) is 42.5 Å². The molecule has 7 heteroatoms. The number of benzene rings is 1. The lowest BCUT2D eigenvalue weighted by Gasteiger charge is -2.18. The van der Waals surface area contributed by atoms with Crippen molar-refractivity contribution in [3.63, 3.8) is 0 Å². The van der Waals surface area contributed by atoms with Crippen molar-refractivity contribution in [2.75, 3.05) is 46.8 Å². The molecule has 0 aliphatic heterocycles. The van der Waals surface area contributed by atoms with Gasteiger partial charge in [0, 0.05) is 31.4 Å². The van der Waals surface area contributed by atoms with Crippen LogP contribution in [0.5, 0.6) is 17.2 Å². The Bertz CT molecular complexity index is 574. The first-order chi connectivity index (χ1) is 13.2. The van der Waals surface area contributed by atoms with Gasteiger partial charge in [0.25, 0.3) is 0 Å². The number of rotatable bonds is 8. The molecule has 2 rings (SSSR count). The molecule has 1 fully saturated rings. The monoisotopic (exact) mass is 379 g/mol. The van der Waals surface area contributed by atoms with E-state index in [1.807, 2.05) is 12.1 Å². The van der Waals surface area contributed by atoms with Crippen molar-refractivity contribution in [1.82, 2.24) is 5.32 Å². The summed E-state index contributed by atoms with van der Waals surface area (Å²) in [7, 11) is 6.51. The minimum absolute atomic E-state index is 0.402. The Morgan fingerprint density at radius 2 is 1.63 bits per heavy atom. The van der Waals surface area contributed by atoms with E-state index < -0.39 is 0 Å². The summed E-state index contributed by atoms with van der Waals surface area (Å²) in [6.45, 7) is 1.36. The lowest BCUT2D eigenvalue weighted by Crippen LogP contribution is -2.34. The van der Waals surface area contributed by atoms with Crippen LogP contribution in [-0.2, 0) is 4.74 Å². The largest absolute Gasteiger partial charge is 0.493 e. The van der Waals surface area contributed by atoms with E-state index in [1.54, 1.807) is 28.4 Å². The fourth-order valence-corrected chi connectivity index (χ4v) is 3.27. The highest BCUT2D eigenvalue weighted by molar-refractivity contribution is 5.94.